The minimum atomic E-state index is -0.0556. The monoisotopic (exact) mass is 682 g/mol. The molecule has 1 aliphatic rings. The first-order valence-corrected chi connectivity index (χ1v) is 18.4. The molecule has 0 atom stereocenters. The molecule has 0 fully saturated rings. The maximum Gasteiger partial charge on any atom is 0.210 e. The lowest BCUT2D eigenvalue weighted by atomic mass is 9.70. The van der Waals surface area contributed by atoms with Gasteiger partial charge in [-0.25, -0.2) is 4.85 Å². The van der Waals surface area contributed by atoms with Crippen molar-refractivity contribution in [1.82, 2.24) is 0 Å². The summed E-state index contributed by atoms with van der Waals surface area (Å²) < 4.78 is 0. The van der Waals surface area contributed by atoms with E-state index in [1.165, 1.54) is 43.6 Å². The van der Waals surface area contributed by atoms with Gasteiger partial charge in [0, 0.05) is 27.5 Å². The Bertz CT molecular complexity index is 2770. The number of nitriles is 1. The molecule has 8 aromatic rings. The Morgan fingerprint density at radius 2 is 1.25 bits per heavy atom. The van der Waals surface area contributed by atoms with Crippen LogP contribution in [0.1, 0.15) is 49.4 Å². The van der Waals surface area contributed by atoms with Gasteiger partial charge in [0.2, 0.25) is 5.69 Å². The summed E-state index contributed by atoms with van der Waals surface area (Å²) in [7, 11) is 0. The smallest absolute Gasteiger partial charge is 0.210 e. The summed E-state index contributed by atoms with van der Waals surface area (Å²) in [5.41, 5.74) is 11.0. The molecule has 0 aliphatic heterocycles. The third-order valence-corrected chi connectivity index (χ3v) is 11.3. The standard InChI is InChI=1S/C49H38N4/c1-5-32-28-45(52(35-17-8-6-9-18-35)42-22-14-12-16-34(42)31-50)39-30-40-46-33(26-27-49(40,2)3)29-44(38-25-24-37(32)47(39)48(38)46)53(36-19-10-7-11-20-36)43-23-15-13-21-41(43)51-4/h6-25,28-30H,5,26-27H2,1-3H3. The molecule has 0 spiro atoms. The number of nitrogens with zero attached hydrogens (tertiary/aromatic N) is 4. The fraction of sp³-hybridized carbons (Fsp3) is 0.143. The van der Waals surface area contributed by atoms with Crippen LogP contribution in [0.5, 0.6) is 0 Å². The lowest BCUT2D eigenvalue weighted by Gasteiger charge is -2.37. The van der Waals surface area contributed by atoms with E-state index in [4.69, 9.17) is 6.57 Å². The van der Waals surface area contributed by atoms with E-state index >= 15 is 0 Å². The molecule has 4 nitrogen and oxygen atoms in total. The molecular formula is C49H38N4. The van der Waals surface area contributed by atoms with Crippen molar-refractivity contribution in [3.8, 4) is 6.07 Å². The van der Waals surface area contributed by atoms with E-state index in [9.17, 15) is 5.26 Å². The fourth-order valence-corrected chi connectivity index (χ4v) is 8.67. The number of rotatable bonds is 7. The normalized spacial score (nSPS) is 13.2. The summed E-state index contributed by atoms with van der Waals surface area (Å²) in [6.45, 7) is 15.2. The number of hydrogen-bond acceptors (Lipinski definition) is 3. The van der Waals surface area contributed by atoms with Crippen LogP contribution in [-0.4, -0.2) is 0 Å². The van der Waals surface area contributed by atoms with Gasteiger partial charge < -0.3 is 9.80 Å². The number of benzene rings is 8. The molecule has 254 valence electrons. The molecule has 0 heterocycles. The highest BCUT2D eigenvalue weighted by molar-refractivity contribution is 6.30. The highest BCUT2D eigenvalue weighted by Gasteiger charge is 2.34. The van der Waals surface area contributed by atoms with Crippen molar-refractivity contribution in [3.63, 3.8) is 0 Å². The van der Waals surface area contributed by atoms with E-state index in [-0.39, 0.29) is 5.41 Å². The van der Waals surface area contributed by atoms with Gasteiger partial charge in [-0.15, -0.1) is 0 Å². The van der Waals surface area contributed by atoms with Crippen LogP contribution in [0.25, 0.3) is 37.2 Å². The topological polar surface area (TPSA) is 34.6 Å². The van der Waals surface area contributed by atoms with Gasteiger partial charge in [0.15, 0.2) is 0 Å². The first kappa shape index (κ1) is 32.3. The van der Waals surface area contributed by atoms with Crippen LogP contribution in [-0.2, 0) is 18.3 Å². The fourth-order valence-electron chi connectivity index (χ4n) is 8.67. The molecule has 0 aromatic heterocycles. The average molecular weight is 683 g/mol. The number of hydrogen-bond donors (Lipinski definition) is 0. The summed E-state index contributed by atoms with van der Waals surface area (Å²) in [6, 6.07) is 51.1. The van der Waals surface area contributed by atoms with Gasteiger partial charge in [-0.2, -0.15) is 5.26 Å². The molecular weight excluding hydrogens is 645 g/mol. The van der Waals surface area contributed by atoms with E-state index in [1.807, 2.05) is 48.5 Å². The Hall–Kier alpha value is -6.62. The van der Waals surface area contributed by atoms with Gasteiger partial charge in [-0.1, -0.05) is 99.6 Å². The van der Waals surface area contributed by atoms with Crippen LogP contribution in [0.2, 0.25) is 0 Å². The quantitative estimate of drug-likeness (QED) is 0.124. The predicted molar refractivity (Wildman–Crippen MR) is 221 cm³/mol. The van der Waals surface area contributed by atoms with Gasteiger partial charge in [-0.3, -0.25) is 0 Å². The lowest BCUT2D eigenvalue weighted by molar-refractivity contribution is 0.475. The molecule has 53 heavy (non-hydrogen) atoms. The van der Waals surface area contributed by atoms with Crippen LogP contribution in [0.3, 0.4) is 0 Å². The Labute approximate surface area is 310 Å². The molecule has 0 unspecified atom stereocenters. The van der Waals surface area contributed by atoms with Crippen LogP contribution in [0, 0.1) is 17.9 Å². The molecule has 0 amide bonds. The summed E-state index contributed by atoms with van der Waals surface area (Å²) in [5, 5.41) is 17.9. The van der Waals surface area contributed by atoms with Crippen LogP contribution < -0.4 is 9.80 Å². The second-order valence-corrected chi connectivity index (χ2v) is 14.7. The van der Waals surface area contributed by atoms with Crippen molar-refractivity contribution < 1.29 is 0 Å². The Balaban J connectivity index is 1.47. The minimum absolute atomic E-state index is 0.0556. The first-order chi connectivity index (χ1) is 25.9. The van der Waals surface area contributed by atoms with Gasteiger partial charge in [0.1, 0.15) is 6.07 Å². The molecule has 9 rings (SSSR count). The predicted octanol–water partition coefficient (Wildman–Crippen LogP) is 13.7. The zero-order valence-corrected chi connectivity index (χ0v) is 30.2. The van der Waals surface area contributed by atoms with Crippen molar-refractivity contribution in [2.24, 2.45) is 0 Å². The van der Waals surface area contributed by atoms with E-state index < -0.39 is 0 Å². The summed E-state index contributed by atoms with van der Waals surface area (Å²) in [4.78, 5) is 8.57. The van der Waals surface area contributed by atoms with Gasteiger partial charge in [-0.05, 0) is 118 Å². The van der Waals surface area contributed by atoms with Crippen molar-refractivity contribution >= 4 is 72.1 Å². The zero-order valence-electron chi connectivity index (χ0n) is 30.2. The Morgan fingerprint density at radius 3 is 1.92 bits per heavy atom. The molecule has 0 N–H and O–H groups in total. The Kier molecular flexibility index (Phi) is 7.65. The second kappa shape index (κ2) is 12.6. The molecule has 0 radical (unpaired) electrons. The zero-order chi connectivity index (χ0) is 36.3. The van der Waals surface area contributed by atoms with Gasteiger partial charge >= 0.3 is 0 Å². The minimum Gasteiger partial charge on any atom is -0.320 e. The van der Waals surface area contributed by atoms with E-state index in [0.29, 0.717) is 11.3 Å². The SMILES string of the molecule is [C-]#[N+]c1ccccc1N(c1ccccc1)c1cc2c3c(cc4c(N(c5ccccc5)c5ccccc5C#N)cc(CC)c5ccc1c3c54)C(C)(C)CC2. The maximum atomic E-state index is 10.4. The second-order valence-electron chi connectivity index (χ2n) is 14.7. The van der Waals surface area contributed by atoms with Crippen molar-refractivity contribution in [1.29, 1.82) is 5.26 Å². The summed E-state index contributed by atoms with van der Waals surface area (Å²) in [5.74, 6) is 0. The van der Waals surface area contributed by atoms with Gasteiger partial charge in [0.05, 0.1) is 34.9 Å². The molecule has 8 aromatic carbocycles. The van der Waals surface area contributed by atoms with Crippen LogP contribution >= 0.6 is 0 Å². The first-order valence-electron chi connectivity index (χ1n) is 18.4. The molecule has 1 aliphatic carbocycles. The van der Waals surface area contributed by atoms with Crippen LogP contribution in [0.15, 0.2) is 140 Å². The lowest BCUT2D eigenvalue weighted by Crippen LogP contribution is -2.24. The van der Waals surface area contributed by atoms with E-state index in [1.54, 1.807) is 0 Å². The highest BCUT2D eigenvalue weighted by Crippen LogP contribution is 2.54. The molecule has 4 heteroatoms. The number of para-hydroxylation sites is 5. The molecule has 0 bridgehead atoms. The number of aryl methyl sites for hydroxylation is 2. The van der Waals surface area contributed by atoms with Crippen molar-refractivity contribution in [3.05, 3.63) is 173 Å². The maximum absolute atomic E-state index is 10.4. The third-order valence-electron chi connectivity index (χ3n) is 11.3. The average Bonchev–Trinajstić information content (AvgIpc) is 3.20. The van der Waals surface area contributed by atoms with E-state index in [2.05, 4.69) is 132 Å². The number of anilines is 6. The molecule has 0 saturated heterocycles. The van der Waals surface area contributed by atoms with Crippen LogP contribution in [0.4, 0.5) is 39.8 Å². The largest absolute Gasteiger partial charge is 0.320 e. The third kappa shape index (κ3) is 5.02. The highest BCUT2D eigenvalue weighted by atomic mass is 15.2. The van der Waals surface area contributed by atoms with Crippen molar-refractivity contribution in [2.45, 2.75) is 45.4 Å². The van der Waals surface area contributed by atoms with E-state index in [0.717, 1.165) is 58.8 Å². The Morgan fingerprint density at radius 1 is 0.642 bits per heavy atom. The molecule has 0 saturated carbocycles. The summed E-state index contributed by atoms with van der Waals surface area (Å²) in [6.07, 6.45) is 2.85. The van der Waals surface area contributed by atoms with Gasteiger partial charge in [0.25, 0.3) is 0 Å². The van der Waals surface area contributed by atoms with Crippen molar-refractivity contribution in [2.75, 3.05) is 9.80 Å². The summed E-state index contributed by atoms with van der Waals surface area (Å²) >= 11 is 0.